The zero-order chi connectivity index (χ0) is 60.9. The quantitative estimate of drug-likeness (QED) is 0.104. The Labute approximate surface area is 509 Å². The Balaban J connectivity index is 0.000000163. The maximum atomic E-state index is 12.2. The van der Waals surface area contributed by atoms with Gasteiger partial charge in [0.05, 0.1) is 6.10 Å². The number of carbonyl (C=O) groups excluding carboxylic acids is 4. The summed E-state index contributed by atoms with van der Waals surface area (Å²) >= 11 is 3.36. The lowest BCUT2D eigenvalue weighted by Crippen LogP contribution is -2.49. The number of aryl methyl sites for hydroxylation is 6. The molecule has 0 aromatic heterocycles. The van der Waals surface area contributed by atoms with Crippen LogP contribution in [0.15, 0.2) is 150 Å². The summed E-state index contributed by atoms with van der Waals surface area (Å²) in [6.45, 7) is 12.2. The van der Waals surface area contributed by atoms with Gasteiger partial charge in [0.2, 0.25) is 5.78 Å². The van der Waals surface area contributed by atoms with Crippen molar-refractivity contribution in [2.75, 3.05) is 7.05 Å². The average molecular weight is 1200 g/mol. The van der Waals surface area contributed by atoms with Crippen LogP contribution in [0, 0.1) is 51.7 Å². The molecule has 448 valence electrons. The molecule has 0 radical (unpaired) electrons. The summed E-state index contributed by atoms with van der Waals surface area (Å²) in [7, 11) is 1.89. The Morgan fingerprint density at radius 2 is 0.952 bits per heavy atom. The number of nitrogens with two attached hydrogens (primary N) is 1. The van der Waals surface area contributed by atoms with E-state index < -0.39 is 21.5 Å². The second-order valence-corrected chi connectivity index (χ2v) is 25.0. The fraction of sp³-hybridized carbons (Fsp3) is 0.452. The van der Waals surface area contributed by atoms with Crippen molar-refractivity contribution in [3.63, 3.8) is 0 Å². The summed E-state index contributed by atoms with van der Waals surface area (Å²) in [5, 5.41) is 24.6. The van der Waals surface area contributed by atoms with Crippen LogP contribution in [0.4, 0.5) is 0 Å². The van der Waals surface area contributed by atoms with Gasteiger partial charge in [0.15, 0.2) is 11.6 Å². The van der Waals surface area contributed by atoms with Crippen molar-refractivity contribution in [1.82, 2.24) is 5.32 Å². The average Bonchev–Trinajstić information content (AvgIpc) is 3.68. The van der Waals surface area contributed by atoms with Crippen LogP contribution in [-0.2, 0) is 35.8 Å². The lowest BCUT2D eigenvalue weighted by Gasteiger charge is -2.36. The number of halogens is 1. The standard InChI is InChI=1S/C14H19NO.C13H15NO3.C13H17NO.C13H18O.C13H16O.C7H7Br/c1-11-6-5-7-12(10-11)14(15-2)9-4-3-8-13(14)16;1-10-5-4-6-11(9-10)13(14(16)17)8-3-2-7-12(13)15;1-10-5-4-6-11(9-10)13(14)8-3-2-7-12(13)15;2*1-10-5-4-6-11(9-10)12-7-2-3-8-13(12)14;1-6-3-2-4-7(8)5-6/h5-7,10,15H,3-4,8-9H2,1-2H3;4-6,9H,2-3,7-8H2,1H3;4-6,9H,2-3,7-8,14H2,1H3;4-6,9,12-14H,2-3,7-8H2,1H3;4-6,9,12H,2-3,7-8H2,1H3;2-5H,1H3. The molecule has 6 unspecified atom stereocenters. The molecule has 0 saturated heterocycles. The Bertz CT molecular complexity index is 3140. The molecule has 0 bridgehead atoms. The largest absolute Gasteiger partial charge is 0.392 e. The second-order valence-electron chi connectivity index (χ2n) is 24.1. The topological polar surface area (TPSA) is 170 Å². The predicted octanol–water partition coefficient (Wildman–Crippen LogP) is 16.4. The minimum absolute atomic E-state index is 0.120. The van der Waals surface area contributed by atoms with Gasteiger partial charge in [0, 0.05) is 58.9 Å². The SMILES string of the molecule is CNC1(c2cccc(C)c2)CCCCC1=O.Cc1cccc(Br)c1.Cc1cccc(C2(N)CCCCC2=O)c1.Cc1cccc(C2([N+](=O)[O-])CCCCC2=O)c1.Cc1cccc(C2CCCCC2=O)c1.Cc1cccc(C2CCCCC2O)c1. The molecular weight excluding hydrogens is 1110 g/mol. The highest BCUT2D eigenvalue weighted by Crippen LogP contribution is 2.39. The number of aliphatic hydroxyl groups excluding tert-OH is 1. The highest BCUT2D eigenvalue weighted by atomic mass is 79.9. The Kier molecular flexibility index (Phi) is 25.7. The Hall–Kier alpha value is -6.24. The number of Topliss-reactive ketones (excluding diaryl/α,β-unsaturated/α-hetero) is 4. The highest BCUT2D eigenvalue weighted by Gasteiger charge is 2.53. The lowest BCUT2D eigenvalue weighted by atomic mass is 9.75. The summed E-state index contributed by atoms with van der Waals surface area (Å²) < 4.78 is 1.15. The number of nitrogens with zero attached hydrogens (tertiary/aromatic N) is 1. The second kappa shape index (κ2) is 32.3. The number of hydrogen-bond acceptors (Lipinski definition) is 9. The molecule has 84 heavy (non-hydrogen) atoms. The van der Waals surface area contributed by atoms with E-state index in [4.69, 9.17) is 5.73 Å². The van der Waals surface area contributed by atoms with Gasteiger partial charge in [-0.3, -0.25) is 29.3 Å². The van der Waals surface area contributed by atoms with Crippen molar-refractivity contribution in [3.8, 4) is 0 Å². The first-order chi connectivity index (χ1) is 40.2. The predicted molar refractivity (Wildman–Crippen MR) is 344 cm³/mol. The highest BCUT2D eigenvalue weighted by molar-refractivity contribution is 9.10. The van der Waals surface area contributed by atoms with E-state index in [-0.39, 0.29) is 23.6 Å². The van der Waals surface area contributed by atoms with Crippen molar-refractivity contribution in [3.05, 3.63) is 221 Å². The minimum Gasteiger partial charge on any atom is -0.392 e. The van der Waals surface area contributed by atoms with Crippen LogP contribution in [0.1, 0.15) is 201 Å². The molecule has 0 spiro atoms. The number of rotatable bonds is 7. The molecule has 11 rings (SSSR count). The molecule has 10 nitrogen and oxygen atoms in total. The van der Waals surface area contributed by atoms with Crippen LogP contribution in [0.2, 0.25) is 0 Å². The van der Waals surface area contributed by atoms with Gasteiger partial charge in [-0.1, -0.05) is 209 Å². The van der Waals surface area contributed by atoms with Crippen LogP contribution >= 0.6 is 15.9 Å². The summed E-state index contributed by atoms with van der Waals surface area (Å²) in [6.07, 6.45) is 17.9. The van der Waals surface area contributed by atoms with Gasteiger partial charge in [-0.15, -0.1) is 0 Å². The number of benzene rings is 6. The van der Waals surface area contributed by atoms with E-state index >= 15 is 0 Å². The third-order valence-corrected chi connectivity index (χ3v) is 18.0. The van der Waals surface area contributed by atoms with Gasteiger partial charge in [0.1, 0.15) is 16.9 Å². The van der Waals surface area contributed by atoms with Crippen molar-refractivity contribution in [1.29, 1.82) is 0 Å². The molecular formula is C73H92BrN3O7. The number of aliphatic hydroxyl groups is 1. The molecule has 11 heteroatoms. The van der Waals surface area contributed by atoms with E-state index in [9.17, 15) is 34.4 Å². The van der Waals surface area contributed by atoms with E-state index in [2.05, 4.69) is 122 Å². The zero-order valence-electron chi connectivity index (χ0n) is 51.0. The fourth-order valence-electron chi connectivity index (χ4n) is 12.7. The van der Waals surface area contributed by atoms with Gasteiger partial charge in [-0.25, -0.2) is 0 Å². The molecule has 6 aromatic rings. The number of nitro groups is 1. The molecule has 5 aliphatic rings. The van der Waals surface area contributed by atoms with Gasteiger partial charge in [-0.2, -0.15) is 0 Å². The summed E-state index contributed by atoms with van der Waals surface area (Å²) in [4.78, 5) is 58.8. The minimum atomic E-state index is -1.50. The molecule has 0 aliphatic heterocycles. The number of nitrogens with one attached hydrogen (secondary N) is 1. The van der Waals surface area contributed by atoms with E-state index in [1.807, 2.05) is 75.5 Å². The fourth-order valence-corrected chi connectivity index (χ4v) is 13.2. The van der Waals surface area contributed by atoms with Crippen LogP contribution in [0.3, 0.4) is 0 Å². The first-order valence-corrected chi connectivity index (χ1v) is 31.5. The zero-order valence-corrected chi connectivity index (χ0v) is 52.6. The van der Waals surface area contributed by atoms with E-state index in [1.165, 1.54) is 52.6 Å². The third-order valence-electron chi connectivity index (χ3n) is 17.5. The maximum absolute atomic E-state index is 12.2. The van der Waals surface area contributed by atoms with Crippen molar-refractivity contribution in [2.45, 2.75) is 205 Å². The molecule has 0 heterocycles. The molecule has 5 aliphatic carbocycles. The first kappa shape index (κ1) is 66.9. The molecule has 6 atom stereocenters. The van der Waals surface area contributed by atoms with Crippen molar-refractivity contribution >= 4 is 39.1 Å². The van der Waals surface area contributed by atoms with Crippen LogP contribution in [0.25, 0.3) is 0 Å². The van der Waals surface area contributed by atoms with Crippen LogP contribution < -0.4 is 11.1 Å². The van der Waals surface area contributed by atoms with Gasteiger partial charge in [-0.05, 0) is 153 Å². The first-order valence-electron chi connectivity index (χ1n) is 30.7. The normalized spacial score (nSPS) is 23.9. The lowest BCUT2D eigenvalue weighted by molar-refractivity contribution is -0.563. The van der Waals surface area contributed by atoms with E-state index in [1.54, 1.807) is 18.2 Å². The Morgan fingerprint density at radius 1 is 0.500 bits per heavy atom. The molecule has 6 aromatic carbocycles. The maximum Gasteiger partial charge on any atom is 0.304 e. The Morgan fingerprint density at radius 3 is 1.46 bits per heavy atom. The third kappa shape index (κ3) is 18.1. The van der Waals surface area contributed by atoms with Gasteiger partial charge in [0.25, 0.3) is 0 Å². The summed E-state index contributed by atoms with van der Waals surface area (Å²) in [5.41, 5.74) is 15.9. The number of ketones is 4. The molecule has 4 N–H and O–H groups in total. The smallest absolute Gasteiger partial charge is 0.304 e. The monoisotopic (exact) mass is 1200 g/mol. The molecule has 5 fully saturated rings. The van der Waals surface area contributed by atoms with Crippen molar-refractivity contribution < 1.29 is 29.2 Å². The number of hydrogen-bond donors (Lipinski definition) is 3. The van der Waals surface area contributed by atoms with Gasteiger partial charge < -0.3 is 16.2 Å². The number of carbonyl (C=O) groups is 4. The van der Waals surface area contributed by atoms with Crippen LogP contribution in [0.5, 0.6) is 0 Å². The summed E-state index contributed by atoms with van der Waals surface area (Å²) in [5.74, 6) is 1.28. The summed E-state index contributed by atoms with van der Waals surface area (Å²) in [6, 6.07) is 48.5. The molecule has 5 saturated carbocycles. The van der Waals surface area contributed by atoms with Crippen molar-refractivity contribution in [2.24, 2.45) is 5.73 Å². The van der Waals surface area contributed by atoms with E-state index in [0.29, 0.717) is 48.7 Å². The van der Waals surface area contributed by atoms with Crippen LogP contribution in [-0.4, -0.2) is 46.3 Å². The number of likely N-dealkylation sites (N-methyl/N-ethyl adjacent to an activating group) is 1. The van der Waals surface area contributed by atoms with Gasteiger partial charge >= 0.3 is 5.54 Å². The van der Waals surface area contributed by atoms with E-state index in [0.717, 1.165) is 110 Å². The molecule has 0 amide bonds.